The molecule has 17 heavy (non-hydrogen) atoms. The summed E-state index contributed by atoms with van der Waals surface area (Å²) < 4.78 is 2.11. The zero-order valence-electron chi connectivity index (χ0n) is 9.21. The SMILES string of the molecule is NCc1cn(Cc2nccs2)c2ncccc12. The molecule has 0 aliphatic carbocycles. The van der Waals surface area contributed by atoms with Crippen LogP contribution in [0.4, 0.5) is 0 Å². The number of pyridine rings is 1. The lowest BCUT2D eigenvalue weighted by molar-refractivity contribution is 0.811. The molecular weight excluding hydrogens is 232 g/mol. The van der Waals surface area contributed by atoms with E-state index in [0.717, 1.165) is 28.1 Å². The van der Waals surface area contributed by atoms with Crippen molar-refractivity contribution < 1.29 is 0 Å². The molecule has 3 aromatic rings. The highest BCUT2D eigenvalue weighted by Gasteiger charge is 2.08. The maximum atomic E-state index is 5.75. The molecule has 3 rings (SSSR count). The maximum Gasteiger partial charge on any atom is 0.140 e. The van der Waals surface area contributed by atoms with Crippen LogP contribution < -0.4 is 5.73 Å². The third-order valence-electron chi connectivity index (χ3n) is 2.73. The van der Waals surface area contributed by atoms with Gasteiger partial charge >= 0.3 is 0 Å². The monoisotopic (exact) mass is 244 g/mol. The number of rotatable bonds is 3. The van der Waals surface area contributed by atoms with Gasteiger partial charge in [-0.2, -0.15) is 0 Å². The minimum atomic E-state index is 0.535. The van der Waals surface area contributed by atoms with E-state index in [9.17, 15) is 0 Å². The second-order valence-electron chi connectivity index (χ2n) is 3.79. The highest BCUT2D eigenvalue weighted by molar-refractivity contribution is 7.09. The fraction of sp³-hybridized carbons (Fsp3) is 0.167. The molecular formula is C12H12N4S. The molecule has 0 unspecified atom stereocenters. The Bertz CT molecular complexity index is 627. The Labute approximate surface area is 103 Å². The third kappa shape index (κ3) is 1.83. The summed E-state index contributed by atoms with van der Waals surface area (Å²) >= 11 is 1.65. The van der Waals surface area contributed by atoms with E-state index in [2.05, 4.69) is 26.8 Å². The first-order valence-corrected chi connectivity index (χ1v) is 6.27. The number of fused-ring (bicyclic) bond motifs is 1. The van der Waals surface area contributed by atoms with E-state index in [0.29, 0.717) is 6.54 Å². The summed E-state index contributed by atoms with van der Waals surface area (Å²) in [7, 11) is 0. The first kappa shape index (κ1) is 10.4. The minimum Gasteiger partial charge on any atom is -0.326 e. The number of nitrogens with zero attached hydrogens (tertiary/aromatic N) is 3. The van der Waals surface area contributed by atoms with Gasteiger partial charge < -0.3 is 10.3 Å². The van der Waals surface area contributed by atoms with Crippen LogP contribution in [0.15, 0.2) is 36.1 Å². The molecule has 0 aliphatic heterocycles. The van der Waals surface area contributed by atoms with Crippen molar-refractivity contribution in [3.05, 3.63) is 46.7 Å². The summed E-state index contributed by atoms with van der Waals surface area (Å²) in [6, 6.07) is 4.00. The van der Waals surface area contributed by atoms with Crippen LogP contribution in [0.2, 0.25) is 0 Å². The Balaban J connectivity index is 2.10. The van der Waals surface area contributed by atoms with Gasteiger partial charge in [-0.25, -0.2) is 9.97 Å². The number of hydrogen-bond donors (Lipinski definition) is 1. The Hall–Kier alpha value is -1.72. The quantitative estimate of drug-likeness (QED) is 0.766. The van der Waals surface area contributed by atoms with Crippen molar-refractivity contribution in [2.24, 2.45) is 5.73 Å². The summed E-state index contributed by atoms with van der Waals surface area (Å²) in [6.07, 6.45) is 5.70. The number of thiazole rings is 1. The van der Waals surface area contributed by atoms with E-state index >= 15 is 0 Å². The normalized spacial score (nSPS) is 11.1. The van der Waals surface area contributed by atoms with Gasteiger partial charge in [0.05, 0.1) is 6.54 Å². The summed E-state index contributed by atoms with van der Waals surface area (Å²) in [6.45, 7) is 1.29. The second kappa shape index (κ2) is 4.27. The van der Waals surface area contributed by atoms with Crippen molar-refractivity contribution in [1.29, 1.82) is 0 Å². The van der Waals surface area contributed by atoms with E-state index in [1.54, 1.807) is 17.5 Å². The van der Waals surface area contributed by atoms with Crippen LogP contribution in [-0.4, -0.2) is 14.5 Å². The van der Waals surface area contributed by atoms with Crippen LogP contribution in [0, 0.1) is 0 Å². The Kier molecular flexibility index (Phi) is 2.62. The van der Waals surface area contributed by atoms with Crippen molar-refractivity contribution in [2.75, 3.05) is 0 Å². The molecule has 2 N–H and O–H groups in total. The molecule has 0 fully saturated rings. The van der Waals surface area contributed by atoms with Crippen molar-refractivity contribution >= 4 is 22.4 Å². The molecule has 0 amide bonds. The summed E-state index contributed by atoms with van der Waals surface area (Å²) in [5, 5.41) is 4.20. The first-order valence-electron chi connectivity index (χ1n) is 5.39. The fourth-order valence-electron chi connectivity index (χ4n) is 1.96. The lowest BCUT2D eigenvalue weighted by atomic mass is 10.2. The van der Waals surface area contributed by atoms with Gasteiger partial charge in [-0.1, -0.05) is 0 Å². The van der Waals surface area contributed by atoms with Gasteiger partial charge in [-0.15, -0.1) is 11.3 Å². The average Bonchev–Trinajstić information content (AvgIpc) is 2.98. The summed E-state index contributed by atoms with van der Waals surface area (Å²) in [5.41, 5.74) is 7.85. The van der Waals surface area contributed by atoms with E-state index in [4.69, 9.17) is 5.73 Å². The van der Waals surface area contributed by atoms with Gasteiger partial charge in [-0.05, 0) is 17.7 Å². The molecule has 86 valence electrons. The molecule has 3 heterocycles. The molecule has 0 radical (unpaired) electrons. The zero-order valence-corrected chi connectivity index (χ0v) is 10.0. The molecule has 3 aromatic heterocycles. The van der Waals surface area contributed by atoms with Crippen molar-refractivity contribution in [3.8, 4) is 0 Å². The predicted octanol–water partition coefficient (Wildman–Crippen LogP) is 2.00. The third-order valence-corrected chi connectivity index (χ3v) is 3.49. The van der Waals surface area contributed by atoms with Crippen LogP contribution in [0.3, 0.4) is 0 Å². The average molecular weight is 244 g/mol. The predicted molar refractivity (Wildman–Crippen MR) is 68.8 cm³/mol. The number of nitrogens with two attached hydrogens (primary N) is 1. The van der Waals surface area contributed by atoms with E-state index < -0.39 is 0 Å². The fourth-order valence-corrected chi connectivity index (χ4v) is 2.57. The van der Waals surface area contributed by atoms with Crippen LogP contribution >= 0.6 is 11.3 Å². The molecule has 0 atom stereocenters. The standard InChI is InChI=1S/C12H12N4S/c13-6-9-7-16(8-11-14-4-5-17-11)12-10(9)2-1-3-15-12/h1-5,7H,6,8,13H2. The van der Waals surface area contributed by atoms with Crippen LogP contribution in [-0.2, 0) is 13.1 Å². The molecule has 4 nitrogen and oxygen atoms in total. The maximum absolute atomic E-state index is 5.75. The second-order valence-corrected chi connectivity index (χ2v) is 4.77. The highest BCUT2D eigenvalue weighted by Crippen LogP contribution is 2.20. The minimum absolute atomic E-state index is 0.535. The van der Waals surface area contributed by atoms with Gasteiger partial charge in [0.15, 0.2) is 0 Å². The molecule has 0 aliphatic rings. The topological polar surface area (TPSA) is 56.7 Å². The highest BCUT2D eigenvalue weighted by atomic mass is 32.1. The van der Waals surface area contributed by atoms with E-state index in [1.165, 1.54) is 0 Å². The van der Waals surface area contributed by atoms with E-state index in [1.807, 2.05) is 17.6 Å². The van der Waals surface area contributed by atoms with E-state index in [-0.39, 0.29) is 0 Å². The van der Waals surface area contributed by atoms with Crippen LogP contribution in [0.25, 0.3) is 11.0 Å². The van der Waals surface area contributed by atoms with Gasteiger partial charge in [0.2, 0.25) is 0 Å². The van der Waals surface area contributed by atoms with Gasteiger partial charge in [0.25, 0.3) is 0 Å². The number of aromatic nitrogens is 3. The molecule has 0 saturated heterocycles. The van der Waals surface area contributed by atoms with Crippen LogP contribution in [0.5, 0.6) is 0 Å². The molecule has 0 spiro atoms. The largest absolute Gasteiger partial charge is 0.326 e. The summed E-state index contributed by atoms with van der Waals surface area (Å²) in [5.74, 6) is 0. The number of hydrogen-bond acceptors (Lipinski definition) is 4. The first-order chi connectivity index (χ1) is 8.38. The lowest BCUT2D eigenvalue weighted by Gasteiger charge is -2.00. The lowest BCUT2D eigenvalue weighted by Crippen LogP contribution is -1.98. The van der Waals surface area contributed by atoms with Gasteiger partial charge in [-0.3, -0.25) is 0 Å². The van der Waals surface area contributed by atoms with Gasteiger partial charge in [0.1, 0.15) is 10.7 Å². The molecule has 0 saturated carbocycles. The smallest absolute Gasteiger partial charge is 0.140 e. The van der Waals surface area contributed by atoms with Crippen molar-refractivity contribution in [3.63, 3.8) is 0 Å². The molecule has 5 heteroatoms. The molecule has 0 aromatic carbocycles. The Morgan fingerprint density at radius 3 is 3.00 bits per heavy atom. The van der Waals surface area contributed by atoms with Gasteiger partial charge in [0, 0.05) is 35.9 Å². The van der Waals surface area contributed by atoms with Crippen LogP contribution in [0.1, 0.15) is 10.6 Å². The Morgan fingerprint density at radius 2 is 2.24 bits per heavy atom. The Morgan fingerprint density at radius 1 is 1.29 bits per heavy atom. The zero-order chi connectivity index (χ0) is 11.7. The molecule has 0 bridgehead atoms. The summed E-state index contributed by atoms with van der Waals surface area (Å²) in [4.78, 5) is 8.71. The van der Waals surface area contributed by atoms with Crippen molar-refractivity contribution in [1.82, 2.24) is 14.5 Å². The van der Waals surface area contributed by atoms with Crippen molar-refractivity contribution in [2.45, 2.75) is 13.1 Å².